The van der Waals surface area contributed by atoms with E-state index in [1.165, 1.54) is 29.5 Å². The minimum atomic E-state index is -0.541. The second kappa shape index (κ2) is 8.94. The van der Waals surface area contributed by atoms with Gasteiger partial charge >= 0.3 is 0 Å². The lowest BCUT2D eigenvalue weighted by Crippen LogP contribution is -2.43. The Morgan fingerprint density at radius 1 is 1.07 bits per heavy atom. The Hall–Kier alpha value is -2.49. The van der Waals surface area contributed by atoms with Crippen molar-refractivity contribution in [1.29, 1.82) is 0 Å². The summed E-state index contributed by atoms with van der Waals surface area (Å²) in [6.07, 6.45) is 3.99. The van der Waals surface area contributed by atoms with Crippen molar-refractivity contribution in [3.63, 3.8) is 0 Å². The molecule has 0 bridgehead atoms. The highest BCUT2D eigenvalue weighted by atomic mass is 16.5. The van der Waals surface area contributed by atoms with Crippen LogP contribution in [0.25, 0.3) is 0 Å². The van der Waals surface area contributed by atoms with Crippen molar-refractivity contribution in [2.75, 3.05) is 6.61 Å². The molecule has 0 aromatic heterocycles. The highest BCUT2D eigenvalue weighted by Crippen LogP contribution is 2.30. The van der Waals surface area contributed by atoms with Crippen LogP contribution in [0.2, 0.25) is 0 Å². The second-order valence-electron chi connectivity index (χ2n) is 7.39. The normalized spacial score (nSPS) is 15.4. The molecule has 0 fully saturated rings. The average Bonchev–Trinajstić information content (AvgIpc) is 2.68. The lowest BCUT2D eigenvalue weighted by atomic mass is 9.91. The van der Waals surface area contributed by atoms with Crippen molar-refractivity contribution in [3.8, 4) is 11.5 Å². The first-order chi connectivity index (χ1) is 13.0. The summed E-state index contributed by atoms with van der Waals surface area (Å²) in [6.45, 7) is 6.19. The Morgan fingerprint density at radius 2 is 1.81 bits per heavy atom. The first kappa shape index (κ1) is 19.3. The summed E-state index contributed by atoms with van der Waals surface area (Å²) in [5.74, 6) is 1.53. The fraction of sp³-hybridized carbons (Fsp3) is 0.435. The molecular weight excluding hydrogens is 338 g/mol. The van der Waals surface area contributed by atoms with Crippen molar-refractivity contribution in [2.45, 2.75) is 58.6 Å². The number of carbonyl (C=O) groups is 1. The maximum atomic E-state index is 12.5. The number of rotatable bonds is 7. The molecule has 1 amide bonds. The highest BCUT2D eigenvalue weighted by Gasteiger charge is 2.20. The second-order valence-corrected chi connectivity index (χ2v) is 7.39. The number of fused-ring (bicyclic) bond motifs is 1. The molecule has 4 heteroatoms. The summed E-state index contributed by atoms with van der Waals surface area (Å²) in [7, 11) is 0. The van der Waals surface area contributed by atoms with Gasteiger partial charge in [0, 0.05) is 0 Å². The molecule has 0 saturated carbocycles. The predicted molar refractivity (Wildman–Crippen MR) is 107 cm³/mol. The number of hydrogen-bond donors (Lipinski definition) is 1. The van der Waals surface area contributed by atoms with Gasteiger partial charge < -0.3 is 14.8 Å². The van der Waals surface area contributed by atoms with Gasteiger partial charge in [0.1, 0.15) is 18.1 Å². The number of ether oxygens (including phenoxy) is 2. The van der Waals surface area contributed by atoms with E-state index in [0.717, 1.165) is 24.3 Å². The van der Waals surface area contributed by atoms with Crippen LogP contribution in [-0.2, 0) is 17.6 Å². The molecule has 1 N–H and O–H groups in total. The number of nitrogens with one attached hydrogen (secondary N) is 1. The van der Waals surface area contributed by atoms with Crippen molar-refractivity contribution < 1.29 is 14.3 Å². The maximum absolute atomic E-state index is 12.5. The minimum absolute atomic E-state index is 0.102. The van der Waals surface area contributed by atoms with Crippen molar-refractivity contribution in [2.24, 2.45) is 0 Å². The van der Waals surface area contributed by atoms with Crippen LogP contribution >= 0.6 is 0 Å². The molecular formula is C23H29NO3. The van der Waals surface area contributed by atoms with Gasteiger partial charge in [-0.25, -0.2) is 0 Å². The maximum Gasteiger partial charge on any atom is 0.261 e. The molecule has 1 aliphatic carbocycles. The zero-order valence-electron chi connectivity index (χ0n) is 16.5. The van der Waals surface area contributed by atoms with Crippen molar-refractivity contribution >= 4 is 5.91 Å². The number of aryl methyl sites for hydroxylation is 2. The molecule has 0 unspecified atom stereocenters. The van der Waals surface area contributed by atoms with Gasteiger partial charge in [-0.2, -0.15) is 0 Å². The third-order valence-corrected chi connectivity index (χ3v) is 4.94. The van der Waals surface area contributed by atoms with Gasteiger partial charge in [-0.05, 0) is 75.8 Å². The number of carbonyl (C=O) groups excluding carboxylic acids is 1. The monoisotopic (exact) mass is 367 g/mol. The summed E-state index contributed by atoms with van der Waals surface area (Å²) >= 11 is 0. The summed E-state index contributed by atoms with van der Waals surface area (Å²) < 4.78 is 11.7. The fourth-order valence-electron chi connectivity index (χ4n) is 3.36. The quantitative estimate of drug-likeness (QED) is 0.797. The number of hydrogen-bond acceptors (Lipinski definition) is 3. The van der Waals surface area contributed by atoms with E-state index in [0.29, 0.717) is 6.61 Å². The lowest BCUT2D eigenvalue weighted by Gasteiger charge is -2.23. The Balaban J connectivity index is 1.51. The van der Waals surface area contributed by atoms with Gasteiger partial charge in [0.15, 0.2) is 6.10 Å². The van der Waals surface area contributed by atoms with Crippen molar-refractivity contribution in [3.05, 3.63) is 59.2 Å². The molecule has 27 heavy (non-hydrogen) atoms. The molecule has 0 saturated heterocycles. The Labute approximate surface area is 161 Å². The molecule has 0 radical (unpaired) electrons. The van der Waals surface area contributed by atoms with Crippen LogP contribution in [0.3, 0.4) is 0 Å². The fourth-order valence-corrected chi connectivity index (χ4v) is 3.36. The van der Waals surface area contributed by atoms with Crippen LogP contribution in [0.15, 0.2) is 42.5 Å². The Bertz CT molecular complexity index is 770. The Morgan fingerprint density at radius 3 is 2.59 bits per heavy atom. The SMILES string of the molecule is Cc1ccc(OC[C@@H](C)NC(=O)[C@@H](C)Oc2cccc3c2CCCC3)cc1. The van der Waals surface area contributed by atoms with E-state index in [9.17, 15) is 4.79 Å². The van der Waals surface area contributed by atoms with Gasteiger partial charge in [-0.15, -0.1) is 0 Å². The minimum Gasteiger partial charge on any atom is -0.491 e. The van der Waals surface area contributed by atoms with E-state index >= 15 is 0 Å². The van der Waals surface area contributed by atoms with E-state index in [1.54, 1.807) is 6.92 Å². The van der Waals surface area contributed by atoms with Crippen LogP contribution in [-0.4, -0.2) is 24.7 Å². The molecule has 0 heterocycles. The number of amides is 1. The summed E-state index contributed by atoms with van der Waals surface area (Å²) in [5, 5.41) is 2.97. The van der Waals surface area contributed by atoms with Gasteiger partial charge in [0.05, 0.1) is 6.04 Å². The lowest BCUT2D eigenvalue weighted by molar-refractivity contribution is -0.128. The molecule has 0 aliphatic heterocycles. The first-order valence-electron chi connectivity index (χ1n) is 9.80. The molecule has 3 rings (SSSR count). The van der Waals surface area contributed by atoms with E-state index in [2.05, 4.69) is 11.4 Å². The molecule has 4 nitrogen and oxygen atoms in total. The van der Waals surface area contributed by atoms with E-state index < -0.39 is 6.10 Å². The van der Waals surface area contributed by atoms with Crippen LogP contribution < -0.4 is 14.8 Å². The van der Waals surface area contributed by atoms with Gasteiger partial charge in [0.25, 0.3) is 5.91 Å². The Kier molecular flexibility index (Phi) is 6.38. The summed E-state index contributed by atoms with van der Waals surface area (Å²) in [6, 6.07) is 13.9. The van der Waals surface area contributed by atoms with Crippen LogP contribution in [0.5, 0.6) is 11.5 Å². The van der Waals surface area contributed by atoms with Crippen molar-refractivity contribution in [1.82, 2.24) is 5.32 Å². The van der Waals surface area contributed by atoms with E-state index in [-0.39, 0.29) is 11.9 Å². The van der Waals surface area contributed by atoms with Crippen LogP contribution in [0.4, 0.5) is 0 Å². The molecule has 1 aliphatic rings. The predicted octanol–water partition coefficient (Wildman–Crippen LogP) is 4.22. The molecule has 144 valence electrons. The zero-order chi connectivity index (χ0) is 19.2. The summed E-state index contributed by atoms with van der Waals surface area (Å²) in [5.41, 5.74) is 3.81. The highest BCUT2D eigenvalue weighted by molar-refractivity contribution is 5.81. The zero-order valence-corrected chi connectivity index (χ0v) is 16.5. The molecule has 2 aromatic carbocycles. The van der Waals surface area contributed by atoms with Gasteiger partial charge in [-0.3, -0.25) is 4.79 Å². The van der Waals surface area contributed by atoms with Gasteiger partial charge in [0.2, 0.25) is 0 Å². The number of benzene rings is 2. The largest absolute Gasteiger partial charge is 0.491 e. The van der Waals surface area contributed by atoms with Crippen LogP contribution in [0.1, 0.15) is 43.4 Å². The topological polar surface area (TPSA) is 47.6 Å². The van der Waals surface area contributed by atoms with E-state index in [4.69, 9.17) is 9.47 Å². The molecule has 0 spiro atoms. The van der Waals surface area contributed by atoms with E-state index in [1.807, 2.05) is 50.2 Å². The molecule has 2 aromatic rings. The molecule has 2 atom stereocenters. The average molecular weight is 367 g/mol. The standard InChI is InChI=1S/C23H29NO3/c1-16-11-13-20(14-12-16)26-15-17(2)24-23(25)18(3)27-22-10-6-8-19-7-4-5-9-21(19)22/h6,8,10-14,17-18H,4-5,7,9,15H2,1-3H3,(H,24,25)/t17-,18-/m1/s1. The summed E-state index contributed by atoms with van der Waals surface area (Å²) in [4.78, 5) is 12.5. The third kappa shape index (κ3) is 5.25. The first-order valence-corrected chi connectivity index (χ1v) is 9.80. The van der Waals surface area contributed by atoms with Gasteiger partial charge in [-0.1, -0.05) is 29.8 Å². The third-order valence-electron chi connectivity index (χ3n) is 4.94. The van der Waals surface area contributed by atoms with Crippen LogP contribution in [0, 0.1) is 6.92 Å². The smallest absolute Gasteiger partial charge is 0.261 e.